The molecule has 2 N–H and O–H groups in total. The molecule has 7 heteroatoms. The van der Waals surface area contributed by atoms with Crippen molar-refractivity contribution in [3.63, 3.8) is 0 Å². The Morgan fingerprint density at radius 3 is 0.909 bits per heavy atom. The predicted octanol–water partition coefficient (Wildman–Crippen LogP) is 4.12. The molecule has 0 saturated heterocycles. The number of allylic oxidation sites excluding steroid dienone is 2. The monoisotopic (exact) mass is 526 g/mol. The molecule has 2 atom stereocenters. The molecule has 1 aliphatic carbocycles. The van der Waals surface area contributed by atoms with Gasteiger partial charge < -0.3 is 10.2 Å². The number of hydrogen-bond acceptors (Lipinski definition) is 6. The van der Waals surface area contributed by atoms with Gasteiger partial charge in [-0.15, -0.1) is 0 Å². The molecule has 168 valence electrons. The Morgan fingerprint density at radius 1 is 0.455 bits per heavy atom. The molecule has 0 aromatic carbocycles. The molecule has 2 unspecified atom stereocenters. The molecule has 0 spiro atoms. The third-order valence-electron chi connectivity index (χ3n) is 4.26. The van der Waals surface area contributed by atoms with E-state index in [1.807, 2.05) is 72.8 Å². The maximum Gasteiger partial charge on any atom is 0.102 e. The van der Waals surface area contributed by atoms with E-state index in [0.717, 1.165) is 22.8 Å². The Bertz CT molecular complexity index is 930. The minimum atomic E-state index is -0.708. The minimum absolute atomic E-state index is 0. The molecule has 5 rings (SSSR count). The first-order valence-electron chi connectivity index (χ1n) is 10.1. The predicted molar refractivity (Wildman–Crippen MR) is 125 cm³/mol. The summed E-state index contributed by atoms with van der Waals surface area (Å²) in [5.41, 5.74) is 3.66. The van der Waals surface area contributed by atoms with Crippen molar-refractivity contribution in [1.29, 1.82) is 0 Å². The fraction of sp³-hybridized carbons (Fsp3) is 0.0769. The fourth-order valence-corrected chi connectivity index (χ4v) is 2.64. The van der Waals surface area contributed by atoms with Crippen molar-refractivity contribution in [1.82, 2.24) is 19.9 Å². The summed E-state index contributed by atoms with van der Waals surface area (Å²) in [4.78, 5) is 16.7. The zero-order valence-electron chi connectivity index (χ0n) is 17.7. The third-order valence-corrected chi connectivity index (χ3v) is 4.26. The van der Waals surface area contributed by atoms with Crippen LogP contribution in [0.3, 0.4) is 0 Å². The number of nitrogens with zero attached hydrogens (tertiary/aromatic N) is 4. The molecule has 1 aliphatic rings. The van der Waals surface area contributed by atoms with Crippen LogP contribution in [-0.2, 0) is 19.5 Å². The van der Waals surface area contributed by atoms with Crippen LogP contribution in [0.25, 0.3) is 22.8 Å². The van der Waals surface area contributed by atoms with E-state index in [9.17, 15) is 0 Å². The van der Waals surface area contributed by atoms with Gasteiger partial charge in [-0.2, -0.15) is 0 Å². The smallest absolute Gasteiger partial charge is 0.102 e. The largest absolute Gasteiger partial charge is 0.386 e. The van der Waals surface area contributed by atoms with Crippen molar-refractivity contribution in [2.24, 2.45) is 0 Å². The second-order valence-corrected chi connectivity index (χ2v) is 6.61. The van der Waals surface area contributed by atoms with Gasteiger partial charge in [0.15, 0.2) is 0 Å². The van der Waals surface area contributed by atoms with Crippen LogP contribution in [0.1, 0.15) is 0 Å². The zero-order chi connectivity index (χ0) is 22.4. The van der Waals surface area contributed by atoms with Gasteiger partial charge in [-0.05, 0) is 48.5 Å². The van der Waals surface area contributed by atoms with Gasteiger partial charge in [-0.3, -0.25) is 19.9 Å². The second kappa shape index (κ2) is 14.6. The Hall–Kier alpha value is -3.38. The van der Waals surface area contributed by atoms with Crippen molar-refractivity contribution in [2.45, 2.75) is 12.2 Å². The van der Waals surface area contributed by atoms with Gasteiger partial charge in [0.25, 0.3) is 0 Å². The normalized spacial score (nSPS) is 15.7. The van der Waals surface area contributed by atoms with E-state index in [1.54, 1.807) is 49.1 Å². The first-order valence-corrected chi connectivity index (χ1v) is 10.1. The van der Waals surface area contributed by atoms with Gasteiger partial charge in [0.1, 0.15) is 12.2 Å². The standard InChI is InChI=1S/2C10H8N2.C6H8O2.Ru/c2*1-3-7-11-9(5-1)10-6-2-4-8-12-10;7-5-3-1-2-4-6(5)8;/h2*1-8H;1-8H;. The van der Waals surface area contributed by atoms with Crippen LogP contribution in [0.2, 0.25) is 0 Å². The quantitative estimate of drug-likeness (QED) is 0.383. The van der Waals surface area contributed by atoms with Gasteiger partial charge in [-0.25, -0.2) is 0 Å². The van der Waals surface area contributed by atoms with Crippen LogP contribution in [0.4, 0.5) is 0 Å². The molecule has 4 aromatic rings. The molecule has 0 saturated carbocycles. The summed E-state index contributed by atoms with van der Waals surface area (Å²) in [6, 6.07) is 23.2. The van der Waals surface area contributed by atoms with Gasteiger partial charge in [0, 0.05) is 44.3 Å². The summed E-state index contributed by atoms with van der Waals surface area (Å²) in [6.07, 6.45) is 12.2. The topological polar surface area (TPSA) is 92.0 Å². The second-order valence-electron chi connectivity index (χ2n) is 6.61. The van der Waals surface area contributed by atoms with E-state index < -0.39 is 12.2 Å². The average molecular weight is 526 g/mol. The summed E-state index contributed by atoms with van der Waals surface area (Å²) in [7, 11) is 0. The van der Waals surface area contributed by atoms with Gasteiger partial charge in [-0.1, -0.05) is 48.6 Å². The van der Waals surface area contributed by atoms with E-state index in [0.29, 0.717) is 0 Å². The molecular weight excluding hydrogens is 501 g/mol. The van der Waals surface area contributed by atoms with Gasteiger partial charge >= 0.3 is 0 Å². The average Bonchev–Trinajstić information content (AvgIpc) is 2.89. The molecule has 0 bridgehead atoms. The van der Waals surface area contributed by atoms with Crippen LogP contribution in [0.5, 0.6) is 0 Å². The van der Waals surface area contributed by atoms with E-state index in [-0.39, 0.29) is 19.5 Å². The zero-order valence-corrected chi connectivity index (χ0v) is 19.5. The van der Waals surface area contributed by atoms with Crippen LogP contribution in [0, 0.1) is 0 Å². The summed E-state index contributed by atoms with van der Waals surface area (Å²) < 4.78 is 0. The molecule has 6 nitrogen and oxygen atoms in total. The first kappa shape index (κ1) is 25.9. The number of pyridine rings is 4. The Labute approximate surface area is 206 Å². The van der Waals surface area contributed by atoms with Crippen LogP contribution in [-0.4, -0.2) is 42.4 Å². The first-order chi connectivity index (χ1) is 15.7. The van der Waals surface area contributed by atoms with Crippen molar-refractivity contribution in [3.05, 3.63) is 122 Å². The van der Waals surface area contributed by atoms with E-state index in [1.165, 1.54) is 0 Å². The van der Waals surface area contributed by atoms with Gasteiger partial charge in [0.05, 0.1) is 22.8 Å². The summed E-state index contributed by atoms with van der Waals surface area (Å²) in [5.74, 6) is 0. The van der Waals surface area contributed by atoms with E-state index >= 15 is 0 Å². The van der Waals surface area contributed by atoms with Crippen LogP contribution in [0.15, 0.2) is 122 Å². The Morgan fingerprint density at radius 2 is 0.727 bits per heavy atom. The minimum Gasteiger partial charge on any atom is -0.386 e. The maximum atomic E-state index is 8.79. The van der Waals surface area contributed by atoms with E-state index in [4.69, 9.17) is 10.2 Å². The van der Waals surface area contributed by atoms with Crippen molar-refractivity contribution < 1.29 is 29.7 Å². The Kier molecular flexibility index (Phi) is 11.5. The van der Waals surface area contributed by atoms with E-state index in [2.05, 4.69) is 19.9 Å². The van der Waals surface area contributed by atoms with Gasteiger partial charge in [0.2, 0.25) is 0 Å². The number of aromatic nitrogens is 4. The van der Waals surface area contributed by atoms with Crippen LogP contribution >= 0.6 is 0 Å². The molecular formula is C26H24N4O2Ru. The number of aliphatic hydroxyl groups is 2. The number of rotatable bonds is 2. The van der Waals surface area contributed by atoms with Crippen molar-refractivity contribution >= 4 is 0 Å². The number of hydrogen-bond donors (Lipinski definition) is 2. The third kappa shape index (κ3) is 8.95. The maximum absolute atomic E-state index is 8.79. The fourth-order valence-electron chi connectivity index (χ4n) is 2.64. The van der Waals surface area contributed by atoms with Crippen molar-refractivity contribution in [2.75, 3.05) is 0 Å². The SMILES string of the molecule is OC1C=CC=CC1O.[Ru].c1ccc(-c2ccccn2)nc1.c1ccc(-c2ccccn2)nc1. The summed E-state index contributed by atoms with van der Waals surface area (Å²) >= 11 is 0. The molecule has 0 aliphatic heterocycles. The Balaban J connectivity index is 0.000000177. The summed E-state index contributed by atoms with van der Waals surface area (Å²) in [6.45, 7) is 0. The molecule has 4 heterocycles. The molecule has 0 amide bonds. The summed E-state index contributed by atoms with van der Waals surface area (Å²) in [5, 5.41) is 17.6. The van der Waals surface area contributed by atoms with Crippen molar-refractivity contribution in [3.8, 4) is 22.8 Å². The molecule has 0 radical (unpaired) electrons. The number of aliphatic hydroxyl groups excluding tert-OH is 2. The molecule has 0 fully saturated rings. The molecule has 33 heavy (non-hydrogen) atoms. The molecule has 4 aromatic heterocycles. The van der Waals surface area contributed by atoms with Crippen LogP contribution < -0.4 is 0 Å².